The van der Waals surface area contributed by atoms with Crippen LogP contribution in [0.15, 0.2) is 72.8 Å². The van der Waals surface area contributed by atoms with Crippen LogP contribution in [0.5, 0.6) is 5.75 Å². The summed E-state index contributed by atoms with van der Waals surface area (Å²) in [5.74, 6) is -5.97. The molecule has 0 aliphatic heterocycles. The van der Waals surface area contributed by atoms with Crippen molar-refractivity contribution in [3.8, 4) is 28.0 Å². The molecule has 0 spiro atoms. The second-order valence-electron chi connectivity index (χ2n) is 8.74. The normalized spacial score (nSPS) is 13.5. The molecular formula is C29H21F5O. The van der Waals surface area contributed by atoms with E-state index in [4.69, 9.17) is 4.74 Å². The molecule has 5 rings (SSSR count). The maximum Gasteiger partial charge on any atom is 0.194 e. The number of ether oxygens (including phenoxy) is 1. The van der Waals surface area contributed by atoms with E-state index in [2.05, 4.69) is 24.3 Å². The Kier molecular flexibility index (Phi) is 6.29. The molecule has 1 aliphatic carbocycles. The Bertz CT molecular complexity index is 1310. The van der Waals surface area contributed by atoms with Gasteiger partial charge in [-0.05, 0) is 58.7 Å². The van der Waals surface area contributed by atoms with E-state index in [1.165, 1.54) is 37.0 Å². The lowest BCUT2D eigenvalue weighted by atomic mass is 9.80. The van der Waals surface area contributed by atoms with E-state index in [0.29, 0.717) is 29.2 Å². The SMILES string of the molecule is Fc1cc(OCc2c(F)cc(-c3ccc(-c4ccc(C5CCC5)cc4)cc3)cc2F)cc(F)c1F. The topological polar surface area (TPSA) is 9.23 Å². The van der Waals surface area contributed by atoms with Gasteiger partial charge in [0.25, 0.3) is 0 Å². The Morgan fingerprint density at radius 2 is 1.09 bits per heavy atom. The molecule has 1 aliphatic rings. The van der Waals surface area contributed by atoms with Crippen molar-refractivity contribution in [1.82, 2.24) is 0 Å². The third kappa shape index (κ3) is 4.78. The summed E-state index contributed by atoms with van der Waals surface area (Å²) in [6.45, 7) is -0.613. The maximum absolute atomic E-state index is 14.7. The number of rotatable bonds is 6. The van der Waals surface area contributed by atoms with Gasteiger partial charge in [-0.1, -0.05) is 55.0 Å². The quantitative estimate of drug-likeness (QED) is 0.198. The van der Waals surface area contributed by atoms with Gasteiger partial charge < -0.3 is 4.74 Å². The van der Waals surface area contributed by atoms with Crippen LogP contribution in [0, 0.1) is 29.1 Å². The van der Waals surface area contributed by atoms with Gasteiger partial charge in [0.15, 0.2) is 17.5 Å². The second-order valence-corrected chi connectivity index (χ2v) is 8.74. The second kappa shape index (κ2) is 9.53. The number of hydrogen-bond acceptors (Lipinski definition) is 1. The van der Waals surface area contributed by atoms with Gasteiger partial charge >= 0.3 is 0 Å². The molecule has 0 saturated heterocycles. The molecular weight excluding hydrogens is 459 g/mol. The lowest BCUT2D eigenvalue weighted by molar-refractivity contribution is 0.287. The summed E-state index contributed by atoms with van der Waals surface area (Å²) in [5.41, 5.74) is 4.00. The van der Waals surface area contributed by atoms with Crippen molar-refractivity contribution >= 4 is 0 Å². The van der Waals surface area contributed by atoms with Crippen LogP contribution in [0.4, 0.5) is 22.0 Å². The summed E-state index contributed by atoms with van der Waals surface area (Å²) >= 11 is 0. The average Bonchev–Trinajstić information content (AvgIpc) is 2.81. The van der Waals surface area contributed by atoms with Crippen LogP contribution < -0.4 is 4.74 Å². The van der Waals surface area contributed by atoms with Crippen molar-refractivity contribution in [3.05, 3.63) is 113 Å². The zero-order valence-corrected chi connectivity index (χ0v) is 18.6. The molecule has 0 N–H and O–H groups in total. The lowest BCUT2D eigenvalue weighted by Gasteiger charge is -2.25. The van der Waals surface area contributed by atoms with Gasteiger partial charge in [-0.25, -0.2) is 22.0 Å². The maximum atomic E-state index is 14.7. The van der Waals surface area contributed by atoms with E-state index in [9.17, 15) is 22.0 Å². The lowest BCUT2D eigenvalue weighted by Crippen LogP contribution is -2.08. The van der Waals surface area contributed by atoms with Crippen molar-refractivity contribution in [1.29, 1.82) is 0 Å². The van der Waals surface area contributed by atoms with Crippen LogP contribution in [0.3, 0.4) is 0 Å². The summed E-state index contributed by atoms with van der Waals surface area (Å²) in [6.07, 6.45) is 3.78. The highest BCUT2D eigenvalue weighted by molar-refractivity contribution is 5.71. The van der Waals surface area contributed by atoms with Crippen LogP contribution in [-0.2, 0) is 6.61 Å². The average molecular weight is 480 g/mol. The molecule has 0 amide bonds. The number of halogens is 5. The molecule has 6 heteroatoms. The minimum Gasteiger partial charge on any atom is -0.488 e. The predicted octanol–water partition coefficient (Wildman–Crippen LogP) is 8.56. The Labute approximate surface area is 199 Å². The summed E-state index contributed by atoms with van der Waals surface area (Å²) in [4.78, 5) is 0. The van der Waals surface area contributed by atoms with Crippen LogP contribution in [0.1, 0.15) is 36.3 Å². The Hall–Kier alpha value is -3.67. The summed E-state index contributed by atoms with van der Waals surface area (Å²) < 4.78 is 74.2. The third-order valence-corrected chi connectivity index (χ3v) is 6.52. The fourth-order valence-electron chi connectivity index (χ4n) is 4.22. The molecule has 0 unspecified atom stereocenters. The van der Waals surface area contributed by atoms with Gasteiger partial charge in [-0.3, -0.25) is 0 Å². The smallest absolute Gasteiger partial charge is 0.194 e. The first kappa shape index (κ1) is 23.1. The monoisotopic (exact) mass is 480 g/mol. The highest BCUT2D eigenvalue weighted by atomic mass is 19.2. The Balaban J connectivity index is 1.31. The van der Waals surface area contributed by atoms with E-state index in [0.717, 1.165) is 11.1 Å². The molecule has 4 aromatic rings. The Morgan fingerprint density at radius 1 is 0.600 bits per heavy atom. The van der Waals surface area contributed by atoms with Gasteiger partial charge in [0.1, 0.15) is 24.0 Å². The van der Waals surface area contributed by atoms with Crippen LogP contribution in [0.25, 0.3) is 22.3 Å². The van der Waals surface area contributed by atoms with Crippen LogP contribution in [0.2, 0.25) is 0 Å². The molecule has 1 saturated carbocycles. The standard InChI is InChI=1S/C29H21F5O/c30-25-12-22(13-26(31)24(25)16-35-23-14-27(32)29(34)28(33)15-23)21-10-8-20(9-11-21)19-6-4-18(5-7-19)17-2-1-3-17/h4-15,17H,1-3,16H2. The Morgan fingerprint density at radius 3 is 1.57 bits per heavy atom. The summed E-state index contributed by atoms with van der Waals surface area (Å²) in [7, 11) is 0. The van der Waals surface area contributed by atoms with Gasteiger partial charge in [0.2, 0.25) is 0 Å². The molecule has 1 nitrogen and oxygen atoms in total. The first-order valence-corrected chi connectivity index (χ1v) is 11.3. The van der Waals surface area contributed by atoms with Gasteiger partial charge in [0.05, 0.1) is 5.56 Å². The van der Waals surface area contributed by atoms with Gasteiger partial charge in [-0.15, -0.1) is 0 Å². The molecule has 178 valence electrons. The van der Waals surface area contributed by atoms with E-state index in [1.54, 1.807) is 12.1 Å². The van der Waals surface area contributed by atoms with Crippen LogP contribution in [-0.4, -0.2) is 0 Å². The number of benzene rings is 4. The van der Waals surface area contributed by atoms with Crippen molar-refractivity contribution in [2.75, 3.05) is 0 Å². The minimum atomic E-state index is -1.64. The molecule has 1 fully saturated rings. The van der Waals surface area contributed by atoms with E-state index in [1.807, 2.05) is 12.1 Å². The molecule has 0 aromatic heterocycles. The molecule has 0 bridgehead atoms. The molecule has 35 heavy (non-hydrogen) atoms. The van der Waals surface area contributed by atoms with Crippen molar-refractivity contribution < 1.29 is 26.7 Å². The first-order chi connectivity index (χ1) is 16.9. The van der Waals surface area contributed by atoms with E-state index < -0.39 is 41.3 Å². The fourth-order valence-corrected chi connectivity index (χ4v) is 4.22. The zero-order valence-electron chi connectivity index (χ0n) is 18.6. The van der Waals surface area contributed by atoms with E-state index >= 15 is 0 Å². The van der Waals surface area contributed by atoms with Gasteiger partial charge in [0, 0.05) is 12.1 Å². The van der Waals surface area contributed by atoms with Crippen LogP contribution >= 0.6 is 0 Å². The number of hydrogen-bond donors (Lipinski definition) is 0. The van der Waals surface area contributed by atoms with Crippen molar-refractivity contribution in [3.63, 3.8) is 0 Å². The summed E-state index contributed by atoms with van der Waals surface area (Å²) in [5, 5.41) is 0. The largest absolute Gasteiger partial charge is 0.488 e. The minimum absolute atomic E-state index is 0.342. The zero-order chi connectivity index (χ0) is 24.5. The van der Waals surface area contributed by atoms with Crippen molar-refractivity contribution in [2.45, 2.75) is 31.8 Å². The van der Waals surface area contributed by atoms with Gasteiger partial charge in [-0.2, -0.15) is 0 Å². The molecule has 0 radical (unpaired) electrons. The predicted molar refractivity (Wildman–Crippen MR) is 124 cm³/mol. The molecule has 0 atom stereocenters. The molecule has 0 heterocycles. The fraction of sp³-hybridized carbons (Fsp3) is 0.172. The third-order valence-electron chi connectivity index (χ3n) is 6.52. The van der Waals surface area contributed by atoms with Crippen molar-refractivity contribution in [2.24, 2.45) is 0 Å². The highest BCUT2D eigenvalue weighted by Gasteiger charge is 2.19. The highest BCUT2D eigenvalue weighted by Crippen LogP contribution is 2.37. The first-order valence-electron chi connectivity index (χ1n) is 11.3. The van der Waals surface area contributed by atoms with E-state index in [-0.39, 0.29) is 5.75 Å². The molecule has 4 aromatic carbocycles. The summed E-state index contributed by atoms with van der Waals surface area (Å²) in [6, 6.07) is 19.5.